The molecule has 0 saturated heterocycles. The molecular weight excluding hydrogens is 556 g/mol. The second kappa shape index (κ2) is 8.62. The van der Waals surface area contributed by atoms with Crippen molar-refractivity contribution in [2.75, 3.05) is 0 Å². The first-order valence-corrected chi connectivity index (χ1v) is 16.0. The lowest BCUT2D eigenvalue weighted by molar-refractivity contribution is 0.487. The molecule has 212 valence electrons. The van der Waals surface area contributed by atoms with Crippen molar-refractivity contribution < 1.29 is 4.74 Å². The lowest BCUT2D eigenvalue weighted by Crippen LogP contribution is -2.25. The Balaban J connectivity index is 1.26. The summed E-state index contributed by atoms with van der Waals surface area (Å²) in [6.07, 6.45) is 0. The Morgan fingerprint density at radius 2 is 0.957 bits per heavy atom. The molecule has 0 aromatic heterocycles. The van der Waals surface area contributed by atoms with Gasteiger partial charge < -0.3 is 4.74 Å². The molecule has 3 aliphatic rings. The van der Waals surface area contributed by atoms with Gasteiger partial charge in [0.1, 0.15) is 11.5 Å². The van der Waals surface area contributed by atoms with Gasteiger partial charge in [-0.3, -0.25) is 0 Å². The van der Waals surface area contributed by atoms with E-state index in [4.69, 9.17) is 4.74 Å². The summed E-state index contributed by atoms with van der Waals surface area (Å²) >= 11 is 0. The molecule has 1 heterocycles. The van der Waals surface area contributed by atoms with E-state index in [0.29, 0.717) is 0 Å². The molecule has 1 aliphatic heterocycles. The van der Waals surface area contributed by atoms with E-state index < -0.39 is 5.41 Å². The molecule has 1 spiro atoms. The molecule has 1 heteroatoms. The van der Waals surface area contributed by atoms with Gasteiger partial charge in [-0.15, -0.1) is 0 Å². The van der Waals surface area contributed by atoms with Crippen molar-refractivity contribution in [2.24, 2.45) is 0 Å². The average Bonchev–Trinajstić information content (AvgIpc) is 3.58. The lowest BCUT2D eigenvalue weighted by Gasteiger charge is -2.30. The molecule has 0 N–H and O–H groups in total. The molecule has 0 bridgehead atoms. The fourth-order valence-electron chi connectivity index (χ4n) is 8.86. The van der Waals surface area contributed by atoms with E-state index in [9.17, 15) is 0 Å². The summed E-state index contributed by atoms with van der Waals surface area (Å²) in [5.74, 6) is 1.83. The van der Waals surface area contributed by atoms with Crippen LogP contribution in [-0.2, 0) is 5.41 Å². The Bertz CT molecular complexity index is 2630. The van der Waals surface area contributed by atoms with Crippen molar-refractivity contribution in [1.82, 2.24) is 0 Å². The van der Waals surface area contributed by atoms with Gasteiger partial charge in [-0.25, -0.2) is 0 Å². The second-order valence-corrected chi connectivity index (χ2v) is 12.8. The van der Waals surface area contributed by atoms with Gasteiger partial charge in [0.15, 0.2) is 0 Å². The van der Waals surface area contributed by atoms with Crippen molar-refractivity contribution in [3.63, 3.8) is 0 Å². The average molecular weight is 583 g/mol. The molecule has 0 fully saturated rings. The molecule has 1 atom stereocenters. The van der Waals surface area contributed by atoms with Crippen molar-refractivity contribution >= 4 is 21.5 Å². The van der Waals surface area contributed by atoms with Crippen LogP contribution >= 0.6 is 0 Å². The molecule has 46 heavy (non-hydrogen) atoms. The van der Waals surface area contributed by atoms with Crippen LogP contribution in [0, 0.1) is 0 Å². The quantitative estimate of drug-likeness (QED) is 0.187. The summed E-state index contributed by atoms with van der Waals surface area (Å²) in [6.45, 7) is 0. The van der Waals surface area contributed by atoms with Crippen LogP contribution in [0.5, 0.6) is 11.5 Å². The summed E-state index contributed by atoms with van der Waals surface area (Å²) in [5, 5.41) is 4.93. The highest BCUT2D eigenvalue weighted by molar-refractivity contribution is 6.08. The van der Waals surface area contributed by atoms with Crippen LogP contribution in [0.15, 0.2) is 158 Å². The van der Waals surface area contributed by atoms with Crippen LogP contribution in [0.4, 0.5) is 0 Å². The molecular formula is C45H26O. The minimum atomic E-state index is -0.392. The molecule has 8 aromatic rings. The normalized spacial score (nSPS) is 16.1. The van der Waals surface area contributed by atoms with E-state index in [1.54, 1.807) is 0 Å². The highest BCUT2D eigenvalue weighted by Crippen LogP contribution is 2.64. The zero-order chi connectivity index (χ0) is 30.0. The molecule has 2 aliphatic carbocycles. The Kier molecular flexibility index (Phi) is 4.57. The van der Waals surface area contributed by atoms with Crippen LogP contribution in [0.25, 0.3) is 66.1 Å². The molecule has 8 aromatic carbocycles. The van der Waals surface area contributed by atoms with E-state index in [0.717, 1.165) is 17.1 Å². The number of rotatable bonds is 1. The van der Waals surface area contributed by atoms with E-state index in [1.807, 2.05) is 0 Å². The maximum absolute atomic E-state index is 6.38. The van der Waals surface area contributed by atoms with Crippen molar-refractivity contribution in [3.05, 3.63) is 180 Å². The maximum atomic E-state index is 6.38. The molecule has 1 nitrogen and oxygen atoms in total. The Labute approximate surface area is 267 Å². The molecule has 0 radical (unpaired) electrons. The first kappa shape index (κ1) is 24.4. The highest BCUT2D eigenvalue weighted by atomic mass is 16.5. The third-order valence-corrected chi connectivity index (χ3v) is 10.6. The smallest absolute Gasteiger partial charge is 0.135 e. The fourth-order valence-corrected chi connectivity index (χ4v) is 8.86. The number of benzene rings is 8. The van der Waals surface area contributed by atoms with Gasteiger partial charge in [-0.1, -0.05) is 121 Å². The van der Waals surface area contributed by atoms with Crippen LogP contribution in [0.1, 0.15) is 22.3 Å². The summed E-state index contributed by atoms with van der Waals surface area (Å²) in [7, 11) is 0. The number of para-hydroxylation sites is 1. The minimum absolute atomic E-state index is 0.392. The van der Waals surface area contributed by atoms with Gasteiger partial charge in [0.25, 0.3) is 0 Å². The standard InChI is InChI=1S/C45H26O/c1-2-12-28-26-40-35(24-27(28)11-1)32-14-3-6-18-37(32)45(40)38-19-7-4-16-34(38)44-31(17-10-20-39(44)45)30-23-29-13-9-22-42-43(29)36(25-30)33-15-5-8-21-41(33)46-42/h1-26H. The van der Waals surface area contributed by atoms with Gasteiger partial charge in [-0.05, 0) is 114 Å². The van der Waals surface area contributed by atoms with Crippen molar-refractivity contribution in [1.29, 1.82) is 0 Å². The number of hydrogen-bond donors (Lipinski definition) is 0. The van der Waals surface area contributed by atoms with Gasteiger partial charge in [-0.2, -0.15) is 0 Å². The fraction of sp³-hybridized carbons (Fsp3) is 0.0222. The van der Waals surface area contributed by atoms with Gasteiger partial charge in [0.2, 0.25) is 0 Å². The van der Waals surface area contributed by atoms with E-state index >= 15 is 0 Å². The molecule has 1 unspecified atom stereocenters. The molecule has 11 rings (SSSR count). The van der Waals surface area contributed by atoms with E-state index in [-0.39, 0.29) is 0 Å². The summed E-state index contributed by atoms with van der Waals surface area (Å²) in [4.78, 5) is 0. The van der Waals surface area contributed by atoms with Gasteiger partial charge in [0.05, 0.1) is 5.41 Å². The maximum Gasteiger partial charge on any atom is 0.135 e. The van der Waals surface area contributed by atoms with Crippen LogP contribution < -0.4 is 4.74 Å². The zero-order valence-electron chi connectivity index (χ0n) is 24.9. The van der Waals surface area contributed by atoms with Crippen molar-refractivity contribution in [3.8, 4) is 56.0 Å². The van der Waals surface area contributed by atoms with Crippen LogP contribution in [0.3, 0.4) is 0 Å². The summed E-state index contributed by atoms with van der Waals surface area (Å²) in [6, 6.07) is 58.4. The predicted molar refractivity (Wildman–Crippen MR) is 189 cm³/mol. The topological polar surface area (TPSA) is 9.23 Å². The first-order valence-electron chi connectivity index (χ1n) is 16.0. The summed E-state index contributed by atoms with van der Waals surface area (Å²) in [5.41, 5.74) is 15.2. The van der Waals surface area contributed by atoms with Gasteiger partial charge >= 0.3 is 0 Å². The summed E-state index contributed by atoms with van der Waals surface area (Å²) < 4.78 is 6.38. The Hall–Kier alpha value is -5.92. The van der Waals surface area contributed by atoms with E-state index in [2.05, 4.69) is 158 Å². The largest absolute Gasteiger partial charge is 0.456 e. The number of ether oxygens (including phenoxy) is 1. The van der Waals surface area contributed by atoms with Crippen LogP contribution in [0.2, 0.25) is 0 Å². The van der Waals surface area contributed by atoms with Crippen LogP contribution in [-0.4, -0.2) is 0 Å². The predicted octanol–water partition coefficient (Wildman–Crippen LogP) is 11.8. The van der Waals surface area contributed by atoms with E-state index in [1.165, 1.54) is 82.7 Å². The third-order valence-electron chi connectivity index (χ3n) is 10.6. The molecule has 0 amide bonds. The highest BCUT2D eigenvalue weighted by Gasteiger charge is 2.52. The SMILES string of the molecule is c1ccc2c(c1)Oc1cccc3cc(-c4cccc5c4-c4ccccc4C54c5ccccc5-c5cc6ccccc6cc54)cc-2c13. The Morgan fingerprint density at radius 3 is 1.83 bits per heavy atom. The number of fused-ring (bicyclic) bond motifs is 13. The monoisotopic (exact) mass is 582 g/mol. The zero-order valence-corrected chi connectivity index (χ0v) is 24.9. The van der Waals surface area contributed by atoms with Gasteiger partial charge in [0, 0.05) is 10.9 Å². The lowest BCUT2D eigenvalue weighted by atomic mass is 9.70. The third kappa shape index (κ3) is 2.91. The minimum Gasteiger partial charge on any atom is -0.456 e. The Morgan fingerprint density at radius 1 is 0.348 bits per heavy atom. The van der Waals surface area contributed by atoms with Crippen molar-refractivity contribution in [2.45, 2.75) is 5.41 Å². The molecule has 0 saturated carbocycles. The first-order chi connectivity index (χ1) is 22.8. The second-order valence-electron chi connectivity index (χ2n) is 12.8. The number of hydrogen-bond acceptors (Lipinski definition) is 1.